The Morgan fingerprint density at radius 3 is 2.00 bits per heavy atom. The molecule has 5 aromatic carbocycles. The van der Waals surface area contributed by atoms with Crippen LogP contribution in [0.4, 0.5) is 0 Å². The van der Waals surface area contributed by atoms with Gasteiger partial charge >= 0.3 is 0 Å². The molecule has 9 rings (SSSR count). The van der Waals surface area contributed by atoms with E-state index in [4.69, 9.17) is 0 Å². The van der Waals surface area contributed by atoms with E-state index >= 15 is 0 Å². The molecule has 42 heavy (non-hydrogen) atoms. The number of hydrogen-bond donors (Lipinski definition) is 0. The summed E-state index contributed by atoms with van der Waals surface area (Å²) in [5.74, 6) is 0.638. The highest BCUT2D eigenvalue weighted by atomic mass is 79.9. The molecule has 1 nitrogen and oxygen atoms in total. The largest absolute Gasteiger partial charge is 0.312 e. The van der Waals surface area contributed by atoms with E-state index in [1.807, 2.05) is 0 Å². The number of halogens is 1. The molecule has 1 heterocycles. The highest BCUT2D eigenvalue weighted by Gasteiger charge is 2.39. The van der Waals surface area contributed by atoms with Crippen molar-refractivity contribution in [2.45, 2.75) is 18.8 Å². The Bertz CT molecular complexity index is 2190. The molecule has 0 bridgehead atoms. The molecule has 200 valence electrons. The van der Waals surface area contributed by atoms with E-state index in [0.29, 0.717) is 5.92 Å². The number of nitrogens with zero attached hydrogens (tertiary/aromatic N) is 1. The second kappa shape index (κ2) is 9.31. The number of aromatic nitrogens is 1. The first-order valence-corrected chi connectivity index (χ1v) is 15.7. The quantitative estimate of drug-likeness (QED) is 0.174. The second-order valence-electron chi connectivity index (χ2n) is 11.7. The Hall–Kier alpha value is -4.40. The zero-order chi connectivity index (χ0) is 27.8. The summed E-state index contributed by atoms with van der Waals surface area (Å²) in [5.41, 5.74) is 10.9. The van der Waals surface area contributed by atoms with Crippen LogP contribution in [0, 0.1) is 5.92 Å². The standard InChI is InChI=1S/C40H28BrN/c41-27-21-17-25(18-22-27)26-19-23-28(24-20-26)42-39-35-15-7-3-11-31(35)29-9-1-5-13-33(29)37(39)38-34-14-6-2-10-30(34)32-12-4-8-16-36(32)40(38)42/h1-5,7-13,15-24,32,36H,6,14H2. The minimum Gasteiger partial charge on any atom is -0.312 e. The third-order valence-corrected chi connectivity index (χ3v) is 10.0. The summed E-state index contributed by atoms with van der Waals surface area (Å²) in [6.07, 6.45) is 16.3. The molecule has 0 fully saturated rings. The third-order valence-electron chi connectivity index (χ3n) is 9.50. The van der Waals surface area contributed by atoms with Crippen molar-refractivity contribution in [2.24, 2.45) is 5.92 Å². The predicted molar refractivity (Wildman–Crippen MR) is 181 cm³/mol. The fraction of sp³-hybridized carbons (Fsp3) is 0.100. The van der Waals surface area contributed by atoms with Crippen LogP contribution in [0.5, 0.6) is 0 Å². The van der Waals surface area contributed by atoms with Gasteiger partial charge < -0.3 is 4.57 Å². The van der Waals surface area contributed by atoms with E-state index < -0.39 is 0 Å². The summed E-state index contributed by atoms with van der Waals surface area (Å²) in [5, 5.41) is 6.72. The van der Waals surface area contributed by atoms with E-state index in [1.165, 1.54) is 71.7 Å². The zero-order valence-electron chi connectivity index (χ0n) is 23.1. The SMILES string of the molecule is Brc1ccc(-c2ccc(-n3c4c(c5c6ccccc6c6ccccc6c53)C3=C(C=CCC3)C3C=CC=CC43)cc2)cc1. The van der Waals surface area contributed by atoms with Gasteiger partial charge in [0, 0.05) is 44.0 Å². The van der Waals surface area contributed by atoms with Crippen molar-refractivity contribution in [1.29, 1.82) is 0 Å². The normalized spacial score (nSPS) is 19.0. The molecule has 3 aliphatic carbocycles. The molecular weight excluding hydrogens is 574 g/mol. The molecule has 0 saturated heterocycles. The Kier molecular flexibility index (Phi) is 5.37. The highest BCUT2D eigenvalue weighted by molar-refractivity contribution is 9.10. The molecule has 0 saturated carbocycles. The molecule has 0 spiro atoms. The second-order valence-corrected chi connectivity index (χ2v) is 12.6. The number of benzene rings is 5. The van der Waals surface area contributed by atoms with Gasteiger partial charge in [-0.15, -0.1) is 0 Å². The van der Waals surface area contributed by atoms with Crippen molar-refractivity contribution < 1.29 is 0 Å². The Balaban J connectivity index is 1.44. The van der Waals surface area contributed by atoms with Gasteiger partial charge in [-0.05, 0) is 75.5 Å². The lowest BCUT2D eigenvalue weighted by atomic mass is 9.69. The van der Waals surface area contributed by atoms with E-state index in [0.717, 1.165) is 17.3 Å². The molecule has 0 N–H and O–H groups in total. The van der Waals surface area contributed by atoms with Gasteiger partial charge in [0.05, 0.1) is 5.52 Å². The van der Waals surface area contributed by atoms with Crippen LogP contribution in [0.2, 0.25) is 0 Å². The molecule has 0 amide bonds. The summed E-state index contributed by atoms with van der Waals surface area (Å²) >= 11 is 3.58. The minimum absolute atomic E-state index is 0.280. The predicted octanol–water partition coefficient (Wildman–Crippen LogP) is 11.3. The van der Waals surface area contributed by atoms with Crippen LogP contribution in [-0.4, -0.2) is 4.57 Å². The number of fused-ring (bicyclic) bond motifs is 12. The van der Waals surface area contributed by atoms with Gasteiger partial charge in [-0.1, -0.05) is 125 Å². The van der Waals surface area contributed by atoms with Crippen molar-refractivity contribution in [3.8, 4) is 16.8 Å². The van der Waals surface area contributed by atoms with Gasteiger partial charge in [0.25, 0.3) is 0 Å². The Morgan fingerprint density at radius 1 is 0.643 bits per heavy atom. The van der Waals surface area contributed by atoms with Crippen LogP contribution in [0.15, 0.2) is 144 Å². The van der Waals surface area contributed by atoms with E-state index in [-0.39, 0.29) is 5.92 Å². The highest BCUT2D eigenvalue weighted by Crippen LogP contribution is 2.54. The first-order chi connectivity index (χ1) is 20.8. The summed E-state index contributed by atoms with van der Waals surface area (Å²) in [6.45, 7) is 0. The molecule has 2 unspecified atom stereocenters. The van der Waals surface area contributed by atoms with Crippen LogP contribution in [0.1, 0.15) is 30.0 Å². The maximum Gasteiger partial charge on any atom is 0.0622 e. The van der Waals surface area contributed by atoms with Crippen LogP contribution in [0.25, 0.3) is 54.8 Å². The van der Waals surface area contributed by atoms with Crippen LogP contribution in [0.3, 0.4) is 0 Å². The molecule has 0 aliphatic heterocycles. The maximum absolute atomic E-state index is 3.58. The van der Waals surface area contributed by atoms with Crippen molar-refractivity contribution in [3.63, 3.8) is 0 Å². The molecule has 3 aliphatic rings. The lowest BCUT2D eigenvalue weighted by Crippen LogP contribution is -2.23. The molecule has 2 atom stereocenters. The van der Waals surface area contributed by atoms with Crippen LogP contribution >= 0.6 is 15.9 Å². The first kappa shape index (κ1) is 24.2. The summed E-state index contributed by atoms with van der Waals surface area (Å²) < 4.78 is 3.72. The Morgan fingerprint density at radius 2 is 1.26 bits per heavy atom. The fourth-order valence-electron chi connectivity index (χ4n) is 7.73. The maximum atomic E-state index is 3.58. The van der Waals surface area contributed by atoms with Gasteiger partial charge in [0.2, 0.25) is 0 Å². The van der Waals surface area contributed by atoms with Crippen LogP contribution in [-0.2, 0) is 0 Å². The van der Waals surface area contributed by atoms with E-state index in [2.05, 4.69) is 154 Å². The minimum atomic E-state index is 0.280. The smallest absolute Gasteiger partial charge is 0.0622 e. The van der Waals surface area contributed by atoms with Crippen molar-refractivity contribution in [3.05, 3.63) is 155 Å². The number of hydrogen-bond acceptors (Lipinski definition) is 0. The Labute approximate surface area is 253 Å². The van der Waals surface area contributed by atoms with E-state index in [9.17, 15) is 0 Å². The van der Waals surface area contributed by atoms with E-state index in [1.54, 1.807) is 0 Å². The average molecular weight is 603 g/mol. The van der Waals surface area contributed by atoms with Gasteiger partial charge in [0.15, 0.2) is 0 Å². The van der Waals surface area contributed by atoms with Crippen molar-refractivity contribution in [2.75, 3.05) is 0 Å². The van der Waals surface area contributed by atoms with Gasteiger partial charge in [-0.3, -0.25) is 0 Å². The zero-order valence-corrected chi connectivity index (χ0v) is 24.7. The summed E-state index contributed by atoms with van der Waals surface area (Å²) in [4.78, 5) is 0. The van der Waals surface area contributed by atoms with Crippen molar-refractivity contribution in [1.82, 2.24) is 4.57 Å². The topological polar surface area (TPSA) is 4.93 Å². The number of rotatable bonds is 2. The van der Waals surface area contributed by atoms with Crippen molar-refractivity contribution >= 4 is 54.0 Å². The summed E-state index contributed by atoms with van der Waals surface area (Å²) in [7, 11) is 0. The van der Waals surface area contributed by atoms with Gasteiger partial charge in [-0.2, -0.15) is 0 Å². The fourth-order valence-corrected chi connectivity index (χ4v) is 8.00. The lowest BCUT2D eigenvalue weighted by Gasteiger charge is -2.35. The average Bonchev–Trinajstić information content (AvgIpc) is 3.43. The van der Waals surface area contributed by atoms with Crippen LogP contribution < -0.4 is 0 Å². The molecule has 0 radical (unpaired) electrons. The monoisotopic (exact) mass is 601 g/mol. The molecule has 1 aromatic heterocycles. The molecule has 6 aromatic rings. The van der Waals surface area contributed by atoms with Gasteiger partial charge in [0.1, 0.15) is 0 Å². The van der Waals surface area contributed by atoms with Gasteiger partial charge in [-0.25, -0.2) is 0 Å². The number of allylic oxidation sites excluding steroid dienone is 8. The first-order valence-electron chi connectivity index (χ1n) is 14.9. The lowest BCUT2D eigenvalue weighted by molar-refractivity contribution is 0.630. The molecule has 2 heteroatoms. The third kappa shape index (κ3) is 3.42. The summed E-state index contributed by atoms with van der Waals surface area (Å²) in [6, 6.07) is 35.8. The molecular formula is C40H28BrN.